The average molecular weight is 401 g/mol. The molecule has 28 heavy (non-hydrogen) atoms. The van der Waals surface area contributed by atoms with Crippen LogP contribution in [0, 0.1) is 5.41 Å². The molecule has 0 saturated carbocycles. The van der Waals surface area contributed by atoms with E-state index in [4.69, 9.17) is 4.98 Å². The first-order chi connectivity index (χ1) is 13.3. The van der Waals surface area contributed by atoms with Gasteiger partial charge in [-0.25, -0.2) is 9.78 Å². The lowest BCUT2D eigenvalue weighted by molar-refractivity contribution is -0.140. The van der Waals surface area contributed by atoms with Gasteiger partial charge in [0.25, 0.3) is 0 Å². The van der Waals surface area contributed by atoms with Gasteiger partial charge < -0.3 is 10.0 Å². The summed E-state index contributed by atoms with van der Waals surface area (Å²) in [6.07, 6.45) is 4.15. The van der Waals surface area contributed by atoms with Crippen molar-refractivity contribution in [3.05, 3.63) is 51.5 Å². The van der Waals surface area contributed by atoms with Crippen LogP contribution in [0.5, 0.6) is 0 Å². The molecule has 1 aromatic carbocycles. The van der Waals surface area contributed by atoms with E-state index in [0.29, 0.717) is 23.5 Å². The minimum Gasteiger partial charge on any atom is -0.477 e. The first-order valence-corrected chi connectivity index (χ1v) is 10.7. The third-order valence-electron chi connectivity index (χ3n) is 5.07. The number of aromatic carboxylic acids is 1. The van der Waals surface area contributed by atoms with Crippen LogP contribution in [0.15, 0.2) is 30.3 Å². The van der Waals surface area contributed by atoms with Gasteiger partial charge in [0, 0.05) is 12.0 Å². The Morgan fingerprint density at radius 3 is 2.57 bits per heavy atom. The van der Waals surface area contributed by atoms with E-state index in [2.05, 4.69) is 12.1 Å². The summed E-state index contributed by atoms with van der Waals surface area (Å²) in [4.78, 5) is 31.4. The third kappa shape index (κ3) is 4.61. The number of hydrogen-bond acceptors (Lipinski definition) is 4. The number of aromatic nitrogens is 1. The maximum absolute atomic E-state index is 12.8. The number of aryl methyl sites for hydroxylation is 2. The van der Waals surface area contributed by atoms with Crippen molar-refractivity contribution in [2.24, 2.45) is 5.41 Å². The zero-order valence-electron chi connectivity index (χ0n) is 16.8. The number of carboxylic acids is 1. The van der Waals surface area contributed by atoms with Crippen molar-refractivity contribution in [3.63, 3.8) is 0 Å². The summed E-state index contributed by atoms with van der Waals surface area (Å²) in [7, 11) is 0. The molecule has 6 heteroatoms. The smallest absolute Gasteiger partial charge is 0.347 e. The van der Waals surface area contributed by atoms with Gasteiger partial charge in [-0.2, -0.15) is 0 Å². The molecule has 1 atom stereocenters. The SMILES string of the molecule is CC(C)(C)C(=O)N1CCC[C@H]1c1nc(CCCc2ccccc2)c(C(=O)O)s1. The highest BCUT2D eigenvalue weighted by atomic mass is 32.1. The van der Waals surface area contributed by atoms with Crippen LogP contribution in [-0.4, -0.2) is 33.4 Å². The van der Waals surface area contributed by atoms with Crippen molar-refractivity contribution in [1.29, 1.82) is 0 Å². The minimum atomic E-state index is -0.926. The molecule has 5 nitrogen and oxygen atoms in total. The fourth-order valence-corrected chi connectivity index (χ4v) is 4.75. The molecule has 0 spiro atoms. The van der Waals surface area contributed by atoms with Gasteiger partial charge in [-0.15, -0.1) is 11.3 Å². The second-order valence-electron chi connectivity index (χ2n) is 8.38. The molecule has 0 radical (unpaired) electrons. The summed E-state index contributed by atoms with van der Waals surface area (Å²) in [6, 6.07) is 10.1. The zero-order chi connectivity index (χ0) is 20.3. The summed E-state index contributed by atoms with van der Waals surface area (Å²) in [5, 5.41) is 10.4. The molecule has 1 amide bonds. The predicted octanol–water partition coefficient (Wildman–Crippen LogP) is 4.73. The van der Waals surface area contributed by atoms with Gasteiger partial charge >= 0.3 is 5.97 Å². The predicted molar refractivity (Wildman–Crippen MR) is 111 cm³/mol. The van der Waals surface area contributed by atoms with Crippen LogP contribution >= 0.6 is 11.3 Å². The van der Waals surface area contributed by atoms with Crippen molar-refractivity contribution in [2.45, 2.75) is 58.9 Å². The summed E-state index contributed by atoms with van der Waals surface area (Å²) in [6.45, 7) is 6.48. The van der Waals surface area contributed by atoms with Gasteiger partial charge in [-0.1, -0.05) is 51.1 Å². The number of benzene rings is 1. The molecule has 2 heterocycles. The molecule has 1 saturated heterocycles. The van der Waals surface area contributed by atoms with E-state index < -0.39 is 11.4 Å². The lowest BCUT2D eigenvalue weighted by Crippen LogP contribution is -2.38. The molecule has 1 fully saturated rings. The molecule has 0 aliphatic carbocycles. The fraction of sp³-hybridized carbons (Fsp3) is 0.500. The molecule has 1 aliphatic heterocycles. The number of amides is 1. The van der Waals surface area contributed by atoms with Gasteiger partial charge in [0.05, 0.1) is 11.7 Å². The van der Waals surface area contributed by atoms with Crippen LogP contribution in [0.1, 0.15) is 72.0 Å². The maximum atomic E-state index is 12.8. The molecular formula is C22H28N2O3S. The van der Waals surface area contributed by atoms with Crippen LogP contribution in [0.25, 0.3) is 0 Å². The standard InChI is InChI=1S/C22H28N2O3S/c1-22(2,3)21(27)24-14-8-13-17(24)19-23-16(18(28-19)20(25)26)12-7-11-15-9-5-4-6-10-15/h4-6,9-10,17H,7-8,11-14H2,1-3H3,(H,25,26)/t17-/m0/s1. The van der Waals surface area contributed by atoms with Gasteiger partial charge in [-0.3, -0.25) is 4.79 Å². The molecule has 1 aromatic heterocycles. The summed E-state index contributed by atoms with van der Waals surface area (Å²) in [5.74, 6) is -0.821. The number of carbonyl (C=O) groups is 2. The van der Waals surface area contributed by atoms with Crippen LogP contribution in [0.4, 0.5) is 0 Å². The van der Waals surface area contributed by atoms with E-state index in [1.807, 2.05) is 43.9 Å². The summed E-state index contributed by atoms with van der Waals surface area (Å²) < 4.78 is 0. The Bertz CT molecular complexity index is 839. The van der Waals surface area contributed by atoms with Crippen LogP contribution in [0.2, 0.25) is 0 Å². The molecule has 1 N–H and O–H groups in total. The number of carboxylic acid groups (broad SMARTS) is 1. The molecular weight excluding hydrogens is 372 g/mol. The number of rotatable bonds is 6. The topological polar surface area (TPSA) is 70.5 Å². The average Bonchev–Trinajstić information content (AvgIpc) is 3.28. The Balaban J connectivity index is 1.76. The molecule has 2 aromatic rings. The van der Waals surface area contributed by atoms with Crippen LogP contribution in [-0.2, 0) is 17.6 Å². The lowest BCUT2D eigenvalue weighted by Gasteiger charge is -2.29. The Hall–Kier alpha value is -2.21. The number of likely N-dealkylation sites (tertiary alicyclic amines) is 1. The van der Waals surface area contributed by atoms with E-state index in [1.54, 1.807) is 0 Å². The largest absolute Gasteiger partial charge is 0.477 e. The number of carbonyl (C=O) groups excluding carboxylic acids is 1. The second-order valence-corrected chi connectivity index (χ2v) is 9.41. The zero-order valence-corrected chi connectivity index (χ0v) is 17.6. The third-order valence-corrected chi connectivity index (χ3v) is 6.26. The van der Waals surface area contributed by atoms with Gasteiger partial charge in [0.2, 0.25) is 5.91 Å². The monoisotopic (exact) mass is 400 g/mol. The highest BCUT2D eigenvalue weighted by Crippen LogP contribution is 2.38. The highest BCUT2D eigenvalue weighted by Gasteiger charge is 2.37. The van der Waals surface area contributed by atoms with Crippen molar-refractivity contribution in [2.75, 3.05) is 6.54 Å². The summed E-state index contributed by atoms with van der Waals surface area (Å²) >= 11 is 1.24. The molecule has 0 bridgehead atoms. The van der Waals surface area contributed by atoms with E-state index in [1.165, 1.54) is 16.9 Å². The van der Waals surface area contributed by atoms with Crippen LogP contribution in [0.3, 0.4) is 0 Å². The van der Waals surface area contributed by atoms with Crippen LogP contribution < -0.4 is 0 Å². The summed E-state index contributed by atoms with van der Waals surface area (Å²) in [5.41, 5.74) is 1.44. The Morgan fingerprint density at radius 2 is 1.93 bits per heavy atom. The van der Waals surface area contributed by atoms with Crippen molar-refractivity contribution in [1.82, 2.24) is 9.88 Å². The molecule has 150 valence electrons. The number of nitrogens with zero attached hydrogens (tertiary/aromatic N) is 2. The quantitative estimate of drug-likeness (QED) is 0.761. The first-order valence-electron chi connectivity index (χ1n) is 9.85. The van der Waals surface area contributed by atoms with Crippen molar-refractivity contribution >= 4 is 23.2 Å². The Labute approximate surface area is 170 Å². The first kappa shape index (κ1) is 20.5. The van der Waals surface area contributed by atoms with Crippen molar-refractivity contribution < 1.29 is 14.7 Å². The Kier molecular flexibility index (Phi) is 6.18. The Morgan fingerprint density at radius 1 is 1.21 bits per heavy atom. The van der Waals surface area contributed by atoms with Gasteiger partial charge in [-0.05, 0) is 37.7 Å². The molecule has 0 unspecified atom stereocenters. The maximum Gasteiger partial charge on any atom is 0.347 e. The van der Waals surface area contributed by atoms with Gasteiger partial charge in [0.1, 0.15) is 9.88 Å². The van der Waals surface area contributed by atoms with Crippen molar-refractivity contribution in [3.8, 4) is 0 Å². The van der Waals surface area contributed by atoms with E-state index >= 15 is 0 Å². The van der Waals surface area contributed by atoms with E-state index in [0.717, 1.165) is 30.7 Å². The van der Waals surface area contributed by atoms with E-state index in [9.17, 15) is 14.7 Å². The molecule has 1 aliphatic rings. The van der Waals surface area contributed by atoms with E-state index in [-0.39, 0.29) is 11.9 Å². The fourth-order valence-electron chi connectivity index (χ4n) is 3.65. The second kappa shape index (κ2) is 8.43. The normalized spacial score (nSPS) is 17.1. The van der Waals surface area contributed by atoms with Gasteiger partial charge in [0.15, 0.2) is 0 Å². The highest BCUT2D eigenvalue weighted by molar-refractivity contribution is 7.13. The lowest BCUT2D eigenvalue weighted by atomic mass is 9.94. The number of hydrogen-bond donors (Lipinski definition) is 1. The molecule has 3 rings (SSSR count). The minimum absolute atomic E-state index is 0.0994. The number of thiazole rings is 1.